The van der Waals surface area contributed by atoms with Crippen molar-refractivity contribution in [1.29, 1.82) is 0 Å². The molecule has 1 spiro atoms. The largest absolute Gasteiger partial charge is 0.375 e. The monoisotopic (exact) mass is 271 g/mol. The molecule has 4 heteroatoms. The first-order chi connectivity index (χ1) is 8.90. The quantitative estimate of drug-likeness (QED) is 0.786. The molecule has 1 aliphatic heterocycles. The minimum Gasteiger partial charge on any atom is -0.375 e. The fraction of sp³-hybridized carbons (Fsp3) is 1.00. The highest BCUT2D eigenvalue weighted by Crippen LogP contribution is 2.36. The Morgan fingerprint density at radius 3 is 2.26 bits per heavy atom. The van der Waals surface area contributed by atoms with Gasteiger partial charge in [0.05, 0.1) is 25.4 Å². The maximum atomic E-state index is 5.79. The van der Waals surface area contributed by atoms with E-state index in [0.717, 1.165) is 52.0 Å². The fourth-order valence-corrected chi connectivity index (χ4v) is 2.95. The first-order valence-corrected chi connectivity index (χ1v) is 7.52. The molecule has 0 aromatic heterocycles. The zero-order valence-electron chi connectivity index (χ0n) is 12.9. The average Bonchev–Trinajstić information content (AvgIpc) is 2.77. The highest BCUT2D eigenvalue weighted by molar-refractivity contribution is 4.86. The molecule has 112 valence electrons. The summed E-state index contributed by atoms with van der Waals surface area (Å²) in [6, 6.07) is 0.641. The number of hydrogen-bond acceptors (Lipinski definition) is 4. The average molecular weight is 271 g/mol. The highest BCUT2D eigenvalue weighted by Gasteiger charge is 2.40. The third kappa shape index (κ3) is 4.42. The molecule has 0 bridgehead atoms. The molecular weight excluding hydrogens is 242 g/mol. The number of rotatable bonds is 4. The lowest BCUT2D eigenvalue weighted by molar-refractivity contribution is -0.183. The van der Waals surface area contributed by atoms with Gasteiger partial charge in [0.25, 0.3) is 0 Å². The van der Waals surface area contributed by atoms with E-state index in [0.29, 0.717) is 6.04 Å². The first-order valence-electron chi connectivity index (χ1n) is 7.52. The van der Waals surface area contributed by atoms with Crippen molar-refractivity contribution < 1.29 is 14.2 Å². The van der Waals surface area contributed by atoms with Crippen LogP contribution >= 0.6 is 0 Å². The van der Waals surface area contributed by atoms with Crippen LogP contribution in [0.5, 0.6) is 0 Å². The summed E-state index contributed by atoms with van der Waals surface area (Å²) in [6.45, 7) is 9.63. The molecular formula is C15H29NO3. The molecule has 2 aliphatic rings. The summed E-state index contributed by atoms with van der Waals surface area (Å²) in [5.41, 5.74) is -0.0387. The molecule has 1 saturated heterocycles. The van der Waals surface area contributed by atoms with E-state index in [1.54, 1.807) is 0 Å². The minimum atomic E-state index is -0.237. The van der Waals surface area contributed by atoms with Gasteiger partial charge in [0, 0.05) is 25.4 Å². The Morgan fingerprint density at radius 1 is 1.16 bits per heavy atom. The van der Waals surface area contributed by atoms with Crippen molar-refractivity contribution >= 4 is 0 Å². The highest BCUT2D eigenvalue weighted by atomic mass is 16.7. The lowest BCUT2D eigenvalue weighted by Crippen LogP contribution is -2.44. The fourth-order valence-electron chi connectivity index (χ4n) is 2.95. The van der Waals surface area contributed by atoms with Gasteiger partial charge in [0.15, 0.2) is 5.79 Å². The molecule has 1 saturated carbocycles. The molecule has 0 aromatic rings. The summed E-state index contributed by atoms with van der Waals surface area (Å²) in [5, 5.41) is 0. The smallest absolute Gasteiger partial charge is 0.168 e. The van der Waals surface area contributed by atoms with Gasteiger partial charge in [-0.25, -0.2) is 0 Å². The van der Waals surface area contributed by atoms with E-state index < -0.39 is 0 Å². The van der Waals surface area contributed by atoms with Gasteiger partial charge in [0.2, 0.25) is 0 Å². The third-order valence-corrected chi connectivity index (χ3v) is 4.13. The van der Waals surface area contributed by atoms with Crippen molar-refractivity contribution in [2.45, 2.75) is 63.9 Å². The van der Waals surface area contributed by atoms with Crippen LogP contribution in [0.25, 0.3) is 0 Å². The Morgan fingerprint density at radius 2 is 1.74 bits per heavy atom. The van der Waals surface area contributed by atoms with Crippen molar-refractivity contribution in [3.63, 3.8) is 0 Å². The molecule has 1 heterocycles. The Hall–Kier alpha value is -0.160. The molecule has 19 heavy (non-hydrogen) atoms. The molecule has 0 radical (unpaired) electrons. The van der Waals surface area contributed by atoms with E-state index in [1.165, 1.54) is 0 Å². The zero-order chi connectivity index (χ0) is 13.9. The lowest BCUT2D eigenvalue weighted by atomic mass is 9.89. The van der Waals surface area contributed by atoms with Crippen molar-refractivity contribution in [3.05, 3.63) is 0 Å². The molecule has 0 atom stereocenters. The first kappa shape index (κ1) is 15.2. The van der Waals surface area contributed by atoms with Crippen LogP contribution < -0.4 is 0 Å². The van der Waals surface area contributed by atoms with Gasteiger partial charge in [-0.3, -0.25) is 0 Å². The van der Waals surface area contributed by atoms with Gasteiger partial charge in [-0.1, -0.05) is 0 Å². The number of hydrogen-bond donors (Lipinski definition) is 0. The van der Waals surface area contributed by atoms with Crippen LogP contribution in [0.3, 0.4) is 0 Å². The van der Waals surface area contributed by atoms with Crippen molar-refractivity contribution in [1.82, 2.24) is 4.90 Å². The van der Waals surface area contributed by atoms with Crippen LogP contribution in [0.15, 0.2) is 0 Å². The van der Waals surface area contributed by atoms with Crippen molar-refractivity contribution in [2.75, 3.05) is 33.4 Å². The molecule has 0 amide bonds. The van der Waals surface area contributed by atoms with E-state index in [1.807, 2.05) is 0 Å². The summed E-state index contributed by atoms with van der Waals surface area (Å²) in [7, 11) is 2.20. The summed E-state index contributed by atoms with van der Waals surface area (Å²) >= 11 is 0. The van der Waals surface area contributed by atoms with E-state index in [2.05, 4.69) is 32.7 Å². The molecule has 0 unspecified atom stereocenters. The van der Waals surface area contributed by atoms with Gasteiger partial charge < -0.3 is 19.1 Å². The third-order valence-electron chi connectivity index (χ3n) is 4.13. The van der Waals surface area contributed by atoms with Crippen LogP contribution in [-0.2, 0) is 14.2 Å². The van der Waals surface area contributed by atoms with Crippen LogP contribution in [0.4, 0.5) is 0 Å². The summed E-state index contributed by atoms with van der Waals surface area (Å²) in [6.07, 6.45) is 4.38. The topological polar surface area (TPSA) is 30.9 Å². The van der Waals surface area contributed by atoms with Crippen molar-refractivity contribution in [3.8, 4) is 0 Å². The molecule has 0 N–H and O–H groups in total. The van der Waals surface area contributed by atoms with Crippen LogP contribution in [-0.4, -0.2) is 55.7 Å². The van der Waals surface area contributed by atoms with Crippen LogP contribution in [0.2, 0.25) is 0 Å². The second-order valence-electron chi connectivity index (χ2n) is 6.78. The van der Waals surface area contributed by atoms with Crippen molar-refractivity contribution in [2.24, 2.45) is 0 Å². The van der Waals surface area contributed by atoms with Gasteiger partial charge in [-0.15, -0.1) is 0 Å². The molecule has 4 nitrogen and oxygen atoms in total. The maximum Gasteiger partial charge on any atom is 0.168 e. The predicted octanol–water partition coefficient (Wildman–Crippen LogP) is 2.42. The molecule has 2 fully saturated rings. The molecule has 2 rings (SSSR count). The number of likely N-dealkylation sites (N-methyl/N-ethyl adjacent to an activating group) is 1. The molecule has 0 aromatic carbocycles. The minimum absolute atomic E-state index is 0.0387. The lowest BCUT2D eigenvalue weighted by Gasteiger charge is -2.39. The van der Waals surface area contributed by atoms with Gasteiger partial charge >= 0.3 is 0 Å². The standard InChI is InChI=1S/C15H29NO3/c1-14(2,3)17-10-9-16(4)13-5-7-15(8-6-13)18-11-12-19-15/h13H,5-12H2,1-4H3. The Kier molecular flexibility index (Phi) is 4.88. The summed E-state index contributed by atoms with van der Waals surface area (Å²) < 4.78 is 17.3. The Labute approximate surface area is 117 Å². The van der Waals surface area contributed by atoms with Gasteiger partial charge in [-0.05, 0) is 40.7 Å². The van der Waals surface area contributed by atoms with Crippen LogP contribution in [0.1, 0.15) is 46.5 Å². The van der Waals surface area contributed by atoms with Crippen LogP contribution in [0, 0.1) is 0 Å². The second kappa shape index (κ2) is 6.08. The van der Waals surface area contributed by atoms with Gasteiger partial charge in [0.1, 0.15) is 0 Å². The summed E-state index contributed by atoms with van der Waals surface area (Å²) in [5.74, 6) is -0.237. The Balaban J connectivity index is 1.69. The summed E-state index contributed by atoms with van der Waals surface area (Å²) in [4.78, 5) is 2.42. The van der Waals surface area contributed by atoms with Gasteiger partial charge in [-0.2, -0.15) is 0 Å². The molecule has 1 aliphatic carbocycles. The predicted molar refractivity (Wildman–Crippen MR) is 75.2 cm³/mol. The van der Waals surface area contributed by atoms with E-state index >= 15 is 0 Å². The number of nitrogens with zero attached hydrogens (tertiary/aromatic N) is 1. The van der Waals surface area contributed by atoms with E-state index in [-0.39, 0.29) is 11.4 Å². The van der Waals surface area contributed by atoms with E-state index in [4.69, 9.17) is 14.2 Å². The van der Waals surface area contributed by atoms with E-state index in [9.17, 15) is 0 Å². The normalized spacial score (nSPS) is 24.5. The zero-order valence-corrected chi connectivity index (χ0v) is 12.9. The number of ether oxygens (including phenoxy) is 3. The maximum absolute atomic E-state index is 5.79. The SMILES string of the molecule is CN(CCOC(C)(C)C)C1CCC2(CC1)OCCO2. The Bertz CT molecular complexity index is 272. The second-order valence-corrected chi connectivity index (χ2v) is 6.78.